The van der Waals surface area contributed by atoms with Gasteiger partial charge < -0.3 is 0 Å². The van der Waals surface area contributed by atoms with E-state index in [2.05, 4.69) is 18.9 Å². The number of fused-ring (bicyclic) bond motifs is 1. The zero-order valence-electron chi connectivity index (χ0n) is 19.8. The lowest BCUT2D eigenvalue weighted by Crippen LogP contribution is -2.35. The number of carbonyl (C=O) groups excluding carboxylic acids is 1. The maximum atomic E-state index is 13.2. The predicted octanol–water partition coefficient (Wildman–Crippen LogP) is 4.39. The predicted molar refractivity (Wildman–Crippen MR) is 129 cm³/mol. The van der Waals surface area contributed by atoms with E-state index in [1.165, 1.54) is 0 Å². The lowest BCUT2D eigenvalue weighted by Gasteiger charge is -2.25. The van der Waals surface area contributed by atoms with E-state index in [-0.39, 0.29) is 11.7 Å². The first-order valence-electron chi connectivity index (χ1n) is 11.6. The van der Waals surface area contributed by atoms with Crippen molar-refractivity contribution in [2.45, 2.75) is 63.7 Å². The molecule has 0 radical (unpaired) electrons. The molecule has 7 nitrogen and oxygen atoms in total. The van der Waals surface area contributed by atoms with Gasteiger partial charge in [0.15, 0.2) is 11.4 Å². The molecule has 0 bridgehead atoms. The van der Waals surface area contributed by atoms with Crippen LogP contribution in [0.2, 0.25) is 0 Å². The van der Waals surface area contributed by atoms with Gasteiger partial charge in [-0.25, -0.2) is 13.4 Å². The molecule has 2 aromatic heterocycles. The van der Waals surface area contributed by atoms with Crippen LogP contribution in [0.4, 0.5) is 0 Å². The monoisotopic (exact) mass is 468 g/mol. The molecule has 8 heteroatoms. The molecule has 1 fully saturated rings. The average molecular weight is 469 g/mol. The van der Waals surface area contributed by atoms with Crippen LogP contribution in [0, 0.1) is 6.92 Å². The normalized spacial score (nSPS) is 15.4. The van der Waals surface area contributed by atoms with Crippen molar-refractivity contribution < 1.29 is 13.2 Å². The number of rotatable bonds is 7. The fourth-order valence-electron chi connectivity index (χ4n) is 4.45. The van der Waals surface area contributed by atoms with Crippen molar-refractivity contribution in [2.75, 3.05) is 13.1 Å². The number of sulfonamides is 1. The van der Waals surface area contributed by atoms with Gasteiger partial charge in [0.1, 0.15) is 0 Å². The van der Waals surface area contributed by atoms with Gasteiger partial charge in [-0.3, -0.25) is 9.48 Å². The van der Waals surface area contributed by atoms with Gasteiger partial charge in [-0.15, -0.1) is 0 Å². The second kappa shape index (κ2) is 9.35. The van der Waals surface area contributed by atoms with E-state index in [1.807, 2.05) is 32.2 Å². The second-order valence-electron chi connectivity index (χ2n) is 9.19. The highest BCUT2D eigenvalue weighted by molar-refractivity contribution is 7.89. The fourth-order valence-corrected chi connectivity index (χ4v) is 5.97. The fraction of sp³-hybridized carbons (Fsp3) is 0.480. The third kappa shape index (κ3) is 4.73. The molecule has 4 rings (SSSR count). The summed E-state index contributed by atoms with van der Waals surface area (Å²) in [5.41, 5.74) is 4.01. The number of aryl methyl sites for hydroxylation is 3. The van der Waals surface area contributed by atoms with Gasteiger partial charge in [0.05, 0.1) is 16.0 Å². The quantitative estimate of drug-likeness (QED) is 0.480. The van der Waals surface area contributed by atoms with Crippen LogP contribution in [0.3, 0.4) is 0 Å². The van der Waals surface area contributed by atoms with Crippen LogP contribution in [0.5, 0.6) is 0 Å². The molecule has 1 aromatic carbocycles. The maximum Gasteiger partial charge on any atom is 0.243 e. The number of aromatic nitrogens is 3. The third-order valence-corrected chi connectivity index (χ3v) is 8.31. The molecule has 1 aliphatic rings. The summed E-state index contributed by atoms with van der Waals surface area (Å²) in [7, 11) is -1.60. The Balaban J connectivity index is 1.52. The third-order valence-electron chi connectivity index (χ3n) is 6.40. The Morgan fingerprint density at radius 3 is 2.39 bits per heavy atom. The van der Waals surface area contributed by atoms with Gasteiger partial charge in [-0.05, 0) is 55.9 Å². The van der Waals surface area contributed by atoms with E-state index in [9.17, 15) is 13.2 Å². The van der Waals surface area contributed by atoms with Crippen molar-refractivity contribution in [2.24, 2.45) is 7.05 Å². The minimum atomic E-state index is -3.44. The first kappa shape index (κ1) is 23.6. The van der Waals surface area contributed by atoms with Gasteiger partial charge in [0, 0.05) is 37.8 Å². The Bertz CT molecular complexity index is 1270. The van der Waals surface area contributed by atoms with Crippen molar-refractivity contribution in [3.05, 3.63) is 52.8 Å². The lowest BCUT2D eigenvalue weighted by atomic mass is 9.97. The van der Waals surface area contributed by atoms with Gasteiger partial charge in [-0.1, -0.05) is 32.4 Å². The van der Waals surface area contributed by atoms with Crippen LogP contribution in [-0.2, 0) is 23.5 Å². The zero-order chi connectivity index (χ0) is 23.8. The highest BCUT2D eigenvalue weighted by Gasteiger charge is 2.26. The highest BCUT2D eigenvalue weighted by atomic mass is 32.2. The van der Waals surface area contributed by atoms with Crippen LogP contribution in [0.15, 0.2) is 35.2 Å². The number of pyridine rings is 1. The number of carbonyl (C=O) groups is 1. The Hall–Kier alpha value is -2.58. The first-order valence-corrected chi connectivity index (χ1v) is 13.1. The Kier molecular flexibility index (Phi) is 6.68. The van der Waals surface area contributed by atoms with Crippen LogP contribution < -0.4 is 0 Å². The summed E-state index contributed by atoms with van der Waals surface area (Å²) < 4.78 is 29.0. The maximum absolute atomic E-state index is 13.2. The molecule has 0 saturated carbocycles. The summed E-state index contributed by atoms with van der Waals surface area (Å²) in [6.45, 7) is 7.20. The average Bonchev–Trinajstić information content (AvgIpc) is 3.11. The van der Waals surface area contributed by atoms with Crippen LogP contribution in [0.25, 0.3) is 11.0 Å². The number of nitrogens with zero attached hydrogens (tertiary/aromatic N) is 4. The van der Waals surface area contributed by atoms with Crippen molar-refractivity contribution in [3.63, 3.8) is 0 Å². The van der Waals surface area contributed by atoms with Crippen molar-refractivity contribution in [1.29, 1.82) is 0 Å². The van der Waals surface area contributed by atoms with Crippen molar-refractivity contribution in [3.8, 4) is 0 Å². The van der Waals surface area contributed by atoms with E-state index in [4.69, 9.17) is 4.98 Å². The van der Waals surface area contributed by atoms with E-state index in [0.29, 0.717) is 36.4 Å². The standard InChI is InChI=1S/C25H32N4O3S/c1-17(2)22-16-21(24-18(3)27-28(4)25(24)26-22)23(30)13-10-19-8-11-20(12-9-19)33(31,32)29-14-6-5-7-15-29/h8-9,11-12,16-17H,5-7,10,13-15H2,1-4H3. The van der Waals surface area contributed by atoms with Crippen molar-refractivity contribution >= 4 is 26.8 Å². The molecular formula is C25H32N4O3S. The molecular weight excluding hydrogens is 436 g/mol. The van der Waals surface area contributed by atoms with Gasteiger partial charge in [-0.2, -0.15) is 9.40 Å². The molecule has 0 N–H and O–H groups in total. The summed E-state index contributed by atoms with van der Waals surface area (Å²) in [6, 6.07) is 8.87. The molecule has 33 heavy (non-hydrogen) atoms. The van der Waals surface area contributed by atoms with E-state index < -0.39 is 10.0 Å². The number of benzene rings is 1. The SMILES string of the molecule is Cc1nn(C)c2nc(C(C)C)cc(C(=O)CCc3ccc(S(=O)(=O)N4CCCCC4)cc3)c12. The van der Waals surface area contributed by atoms with Crippen LogP contribution in [0.1, 0.15) is 72.8 Å². The molecule has 0 spiro atoms. The van der Waals surface area contributed by atoms with Gasteiger partial charge >= 0.3 is 0 Å². The minimum Gasteiger partial charge on any atom is -0.294 e. The van der Waals surface area contributed by atoms with Crippen molar-refractivity contribution in [1.82, 2.24) is 19.1 Å². The summed E-state index contributed by atoms with van der Waals surface area (Å²) >= 11 is 0. The smallest absolute Gasteiger partial charge is 0.243 e. The van der Waals surface area contributed by atoms with Crippen LogP contribution in [-0.4, -0.2) is 46.4 Å². The Labute approximate surface area is 195 Å². The summed E-state index contributed by atoms with van der Waals surface area (Å²) in [5, 5.41) is 5.28. The number of hydrogen-bond donors (Lipinski definition) is 0. The molecule has 0 aliphatic carbocycles. The Morgan fingerprint density at radius 2 is 1.76 bits per heavy atom. The van der Waals surface area contributed by atoms with E-state index in [0.717, 1.165) is 47.2 Å². The minimum absolute atomic E-state index is 0.0467. The first-order chi connectivity index (χ1) is 15.7. The zero-order valence-corrected chi connectivity index (χ0v) is 20.7. The molecule has 176 valence electrons. The Morgan fingerprint density at radius 1 is 1.09 bits per heavy atom. The largest absolute Gasteiger partial charge is 0.294 e. The molecule has 3 heterocycles. The molecule has 0 amide bonds. The molecule has 1 aliphatic heterocycles. The van der Waals surface area contributed by atoms with Gasteiger partial charge in [0.2, 0.25) is 10.0 Å². The number of hydrogen-bond acceptors (Lipinski definition) is 5. The topological polar surface area (TPSA) is 85.2 Å². The molecule has 1 saturated heterocycles. The number of Topliss-reactive ketones (excluding diaryl/α,β-unsaturated/α-hetero) is 1. The van der Waals surface area contributed by atoms with Gasteiger partial charge in [0.25, 0.3) is 0 Å². The van der Waals surface area contributed by atoms with E-state index >= 15 is 0 Å². The van der Waals surface area contributed by atoms with Crippen LogP contribution >= 0.6 is 0 Å². The molecule has 0 unspecified atom stereocenters. The number of ketones is 1. The number of piperidine rings is 1. The van der Waals surface area contributed by atoms with E-state index in [1.54, 1.807) is 21.1 Å². The summed E-state index contributed by atoms with van der Waals surface area (Å²) in [6.07, 6.45) is 3.79. The highest BCUT2D eigenvalue weighted by Crippen LogP contribution is 2.27. The molecule has 0 atom stereocenters. The molecule has 3 aromatic rings. The second-order valence-corrected chi connectivity index (χ2v) is 11.1. The lowest BCUT2D eigenvalue weighted by molar-refractivity contribution is 0.0984. The summed E-state index contributed by atoms with van der Waals surface area (Å²) in [5.74, 6) is 0.246. The summed E-state index contributed by atoms with van der Waals surface area (Å²) in [4.78, 5) is 18.3.